The fourth-order valence-corrected chi connectivity index (χ4v) is 5.68. The molecule has 3 heterocycles. The molecule has 31 heavy (non-hydrogen) atoms. The topological polar surface area (TPSA) is 59.8 Å². The highest BCUT2D eigenvalue weighted by molar-refractivity contribution is 6.35. The Kier molecular flexibility index (Phi) is 4.91. The van der Waals surface area contributed by atoms with Gasteiger partial charge < -0.3 is 9.88 Å². The molecule has 5 nitrogen and oxygen atoms in total. The number of aryl methyl sites for hydroxylation is 1. The number of benzene rings is 2. The Hall–Kier alpha value is -2.63. The number of halogens is 2. The molecule has 2 aliphatic heterocycles. The van der Waals surface area contributed by atoms with E-state index in [-0.39, 0.29) is 11.9 Å². The van der Waals surface area contributed by atoms with Crippen molar-refractivity contribution in [3.63, 3.8) is 0 Å². The Labute approximate surface area is 191 Å². The molecule has 1 spiro atoms. The Balaban J connectivity index is 1.75. The van der Waals surface area contributed by atoms with E-state index < -0.39 is 5.41 Å². The smallest absolute Gasteiger partial charge is 0.237 e. The molecule has 0 saturated heterocycles. The molecular weight excluding hydrogens is 431 g/mol. The lowest BCUT2D eigenvalue weighted by Crippen LogP contribution is -2.47. The van der Waals surface area contributed by atoms with Crippen molar-refractivity contribution in [1.29, 1.82) is 0 Å². The summed E-state index contributed by atoms with van der Waals surface area (Å²) in [7, 11) is 0. The molecule has 1 aromatic heterocycles. The van der Waals surface area contributed by atoms with Crippen LogP contribution in [0.25, 0.3) is 11.1 Å². The van der Waals surface area contributed by atoms with Gasteiger partial charge in [-0.05, 0) is 42.2 Å². The van der Waals surface area contributed by atoms with Crippen molar-refractivity contribution < 1.29 is 4.79 Å². The third kappa shape index (κ3) is 2.94. The number of nitrogens with zero attached hydrogens (tertiary/aromatic N) is 3. The minimum Gasteiger partial charge on any atom is -0.324 e. The van der Waals surface area contributed by atoms with Gasteiger partial charge in [0.1, 0.15) is 17.6 Å². The van der Waals surface area contributed by atoms with E-state index in [9.17, 15) is 4.79 Å². The fraction of sp³-hybridized carbons (Fsp3) is 0.292. The Bertz CT molecular complexity index is 1220. The number of hydrogen-bond donors (Lipinski definition) is 1. The van der Waals surface area contributed by atoms with E-state index in [1.165, 1.54) is 0 Å². The molecule has 5 rings (SSSR count). The number of allylic oxidation sites excluding steroid dienone is 1. The summed E-state index contributed by atoms with van der Waals surface area (Å²) in [5, 5.41) is 12.8. The van der Waals surface area contributed by atoms with Gasteiger partial charge in [-0.2, -0.15) is 0 Å². The lowest BCUT2D eigenvalue weighted by Gasteiger charge is -2.41. The summed E-state index contributed by atoms with van der Waals surface area (Å²) in [6, 6.07) is 11.1. The second kappa shape index (κ2) is 7.50. The molecule has 0 aliphatic carbocycles. The van der Waals surface area contributed by atoms with Crippen LogP contribution >= 0.6 is 23.2 Å². The zero-order valence-corrected chi connectivity index (χ0v) is 18.7. The van der Waals surface area contributed by atoms with E-state index in [4.69, 9.17) is 23.2 Å². The van der Waals surface area contributed by atoms with E-state index in [1.807, 2.05) is 41.0 Å². The van der Waals surface area contributed by atoms with Crippen molar-refractivity contribution in [3.05, 3.63) is 76.3 Å². The van der Waals surface area contributed by atoms with Gasteiger partial charge >= 0.3 is 0 Å². The molecule has 2 aromatic carbocycles. The average Bonchev–Trinajstić information content (AvgIpc) is 3.31. The highest BCUT2D eigenvalue weighted by Crippen LogP contribution is 2.56. The Morgan fingerprint density at radius 3 is 2.94 bits per heavy atom. The van der Waals surface area contributed by atoms with E-state index in [1.54, 1.807) is 6.33 Å². The molecule has 2 atom stereocenters. The van der Waals surface area contributed by atoms with Crippen LogP contribution in [0.1, 0.15) is 43.6 Å². The number of carbonyl (C=O) groups is 1. The standard InChI is InChI=1S/C24H22Cl2N4O/c1-3-5-14(2)22-24(11-10-19-29-27-13-30(19)22)17-8-9-18(26)20(21(17)28-23(24)31)15-6-4-7-16(25)12-15/h4,6-9,12-13,22H,2-3,5,10-11H2,1H3,(H,28,31)/t22-,24-/m1/s1. The van der Waals surface area contributed by atoms with E-state index in [0.717, 1.165) is 46.6 Å². The predicted octanol–water partition coefficient (Wildman–Crippen LogP) is 5.99. The van der Waals surface area contributed by atoms with Crippen LogP contribution in [0.3, 0.4) is 0 Å². The number of carbonyl (C=O) groups excluding carboxylic acids is 1. The molecule has 1 N–H and O–H groups in total. The zero-order chi connectivity index (χ0) is 21.8. The van der Waals surface area contributed by atoms with Crippen LogP contribution in [-0.4, -0.2) is 20.7 Å². The summed E-state index contributed by atoms with van der Waals surface area (Å²) in [6.07, 6.45) is 4.79. The van der Waals surface area contributed by atoms with E-state index >= 15 is 0 Å². The molecule has 3 aromatic rings. The summed E-state index contributed by atoms with van der Waals surface area (Å²) < 4.78 is 2.03. The minimum absolute atomic E-state index is 0.0327. The molecule has 158 valence electrons. The maximum absolute atomic E-state index is 13.7. The number of rotatable bonds is 4. The van der Waals surface area contributed by atoms with Gasteiger partial charge in [-0.25, -0.2) is 0 Å². The van der Waals surface area contributed by atoms with Gasteiger partial charge in [0.25, 0.3) is 0 Å². The summed E-state index contributed by atoms with van der Waals surface area (Å²) in [5.41, 5.74) is 3.59. The first-order chi connectivity index (χ1) is 15.0. The molecular formula is C24H22Cl2N4O. The largest absolute Gasteiger partial charge is 0.324 e. The van der Waals surface area contributed by atoms with Crippen molar-refractivity contribution >= 4 is 34.8 Å². The Morgan fingerprint density at radius 1 is 1.32 bits per heavy atom. The minimum atomic E-state index is -0.783. The highest BCUT2D eigenvalue weighted by atomic mass is 35.5. The van der Waals surface area contributed by atoms with Gasteiger partial charge in [-0.1, -0.05) is 66.9 Å². The average molecular weight is 453 g/mol. The van der Waals surface area contributed by atoms with E-state index in [2.05, 4.69) is 29.0 Å². The van der Waals surface area contributed by atoms with Crippen molar-refractivity contribution in [2.45, 2.75) is 44.1 Å². The molecule has 0 unspecified atom stereocenters. The molecule has 0 fully saturated rings. The number of fused-ring (bicyclic) bond motifs is 3. The quantitative estimate of drug-likeness (QED) is 0.494. The van der Waals surface area contributed by atoms with E-state index in [0.29, 0.717) is 22.9 Å². The number of nitrogens with one attached hydrogen (secondary N) is 1. The van der Waals surface area contributed by atoms with Gasteiger partial charge in [0.15, 0.2) is 0 Å². The van der Waals surface area contributed by atoms with Crippen LogP contribution in [-0.2, 0) is 16.6 Å². The Morgan fingerprint density at radius 2 is 2.16 bits per heavy atom. The zero-order valence-electron chi connectivity index (χ0n) is 17.2. The summed E-state index contributed by atoms with van der Waals surface area (Å²) in [6.45, 7) is 6.50. The molecule has 0 radical (unpaired) electrons. The van der Waals surface area contributed by atoms with Crippen molar-refractivity contribution in [2.24, 2.45) is 0 Å². The first-order valence-electron chi connectivity index (χ1n) is 10.4. The normalized spacial score (nSPS) is 21.6. The SMILES string of the molecule is C=C(CCC)[C@H]1n2cnnc2CC[C@]12C(=O)Nc1c2ccc(Cl)c1-c1cccc(Cl)c1. The monoisotopic (exact) mass is 452 g/mol. The molecule has 7 heteroatoms. The van der Waals surface area contributed by atoms with Crippen LogP contribution in [0.2, 0.25) is 10.0 Å². The molecule has 1 amide bonds. The lowest BCUT2D eigenvalue weighted by molar-refractivity contribution is -0.122. The van der Waals surface area contributed by atoms with Gasteiger partial charge in [-0.15, -0.1) is 10.2 Å². The maximum atomic E-state index is 13.7. The first-order valence-corrected chi connectivity index (χ1v) is 11.2. The van der Waals surface area contributed by atoms with Crippen LogP contribution in [0.4, 0.5) is 5.69 Å². The number of aromatic nitrogens is 3. The van der Waals surface area contributed by atoms with Crippen molar-refractivity contribution in [2.75, 3.05) is 5.32 Å². The van der Waals surface area contributed by atoms with Crippen LogP contribution in [0.5, 0.6) is 0 Å². The van der Waals surface area contributed by atoms with Gasteiger partial charge in [0.2, 0.25) is 5.91 Å². The van der Waals surface area contributed by atoms with Crippen LogP contribution < -0.4 is 5.32 Å². The fourth-order valence-electron chi connectivity index (χ4n) is 5.22. The van der Waals surface area contributed by atoms with Gasteiger partial charge in [0.05, 0.1) is 16.8 Å². The van der Waals surface area contributed by atoms with Crippen molar-refractivity contribution in [3.8, 4) is 11.1 Å². The third-order valence-electron chi connectivity index (χ3n) is 6.49. The number of anilines is 1. The van der Waals surface area contributed by atoms with Crippen molar-refractivity contribution in [1.82, 2.24) is 14.8 Å². The summed E-state index contributed by atoms with van der Waals surface area (Å²) in [5.74, 6) is 0.854. The van der Waals surface area contributed by atoms with Crippen LogP contribution in [0, 0.1) is 0 Å². The van der Waals surface area contributed by atoms with Crippen LogP contribution in [0.15, 0.2) is 54.9 Å². The van der Waals surface area contributed by atoms with Gasteiger partial charge in [-0.3, -0.25) is 4.79 Å². The molecule has 2 aliphatic rings. The maximum Gasteiger partial charge on any atom is 0.237 e. The predicted molar refractivity (Wildman–Crippen MR) is 124 cm³/mol. The second-order valence-electron chi connectivity index (χ2n) is 8.25. The molecule has 0 bridgehead atoms. The summed E-state index contributed by atoms with van der Waals surface area (Å²) >= 11 is 12.9. The third-order valence-corrected chi connectivity index (χ3v) is 7.04. The number of amides is 1. The first kappa shape index (κ1) is 20.3. The molecule has 0 saturated carbocycles. The lowest BCUT2D eigenvalue weighted by atomic mass is 9.67. The van der Waals surface area contributed by atoms with Gasteiger partial charge in [0, 0.05) is 17.0 Å². The highest BCUT2D eigenvalue weighted by Gasteiger charge is 2.56. The second-order valence-corrected chi connectivity index (χ2v) is 9.09. The summed E-state index contributed by atoms with van der Waals surface area (Å²) in [4.78, 5) is 13.7. The number of hydrogen-bond acceptors (Lipinski definition) is 3.